The molecule has 0 bridgehead atoms. The molecule has 190 valence electrons. The van der Waals surface area contributed by atoms with Crippen molar-refractivity contribution in [1.29, 1.82) is 0 Å². The summed E-state index contributed by atoms with van der Waals surface area (Å²) in [6.07, 6.45) is 6.53. The summed E-state index contributed by atoms with van der Waals surface area (Å²) in [5.74, 6) is 1.51. The molecule has 0 spiro atoms. The number of rotatable bonds is 9. The summed E-state index contributed by atoms with van der Waals surface area (Å²) in [5.41, 5.74) is 2.69. The molecular formula is C28H36N6OS. The number of hydrogen-bond donors (Lipinski definition) is 1. The summed E-state index contributed by atoms with van der Waals surface area (Å²) >= 11 is 1.71. The highest BCUT2D eigenvalue weighted by Crippen LogP contribution is 2.31. The molecule has 1 aliphatic heterocycles. The molecule has 36 heavy (non-hydrogen) atoms. The van der Waals surface area contributed by atoms with E-state index in [1.165, 1.54) is 0 Å². The van der Waals surface area contributed by atoms with Gasteiger partial charge in [0.1, 0.15) is 5.82 Å². The highest BCUT2D eigenvalue weighted by atomic mass is 32.2. The Kier molecular flexibility index (Phi) is 9.30. The summed E-state index contributed by atoms with van der Waals surface area (Å²) in [7, 11) is 2.17. The predicted octanol–water partition coefficient (Wildman–Crippen LogP) is 4.15. The standard InChI is InChI=1S/C28H36N6OS/c1-21-16-30-24(18-29-21)19-32-28(35)26(20-36-25-8-5-4-6-9-25)22(2)23-10-11-27(31-17-23)34-13-7-12-33(3)14-15-34/h4-6,8-11,16-18,22,26H,7,12-15,19-20H2,1-3H3,(H,32,35). The number of aromatic nitrogens is 3. The van der Waals surface area contributed by atoms with Crippen LogP contribution in [0, 0.1) is 12.8 Å². The largest absolute Gasteiger partial charge is 0.355 e. The number of aryl methyl sites for hydroxylation is 1. The monoisotopic (exact) mass is 504 g/mol. The van der Waals surface area contributed by atoms with Crippen LogP contribution in [0.5, 0.6) is 0 Å². The van der Waals surface area contributed by atoms with E-state index in [1.807, 2.05) is 31.3 Å². The maximum absolute atomic E-state index is 13.4. The lowest BCUT2D eigenvalue weighted by molar-refractivity contribution is -0.125. The van der Waals surface area contributed by atoms with E-state index in [-0.39, 0.29) is 17.7 Å². The van der Waals surface area contributed by atoms with Gasteiger partial charge in [-0.05, 0) is 56.6 Å². The molecule has 4 rings (SSSR count). The van der Waals surface area contributed by atoms with E-state index in [0.717, 1.165) is 60.3 Å². The van der Waals surface area contributed by atoms with Crippen molar-refractivity contribution in [3.63, 3.8) is 0 Å². The van der Waals surface area contributed by atoms with Crippen molar-refractivity contribution >= 4 is 23.5 Å². The molecule has 2 aromatic heterocycles. The molecule has 0 aliphatic carbocycles. The Morgan fingerprint density at radius 3 is 2.56 bits per heavy atom. The van der Waals surface area contributed by atoms with Crippen LogP contribution in [0.4, 0.5) is 5.82 Å². The smallest absolute Gasteiger partial charge is 0.224 e. The van der Waals surface area contributed by atoms with E-state index < -0.39 is 0 Å². The number of benzene rings is 1. The summed E-state index contributed by atoms with van der Waals surface area (Å²) in [6, 6.07) is 14.5. The summed E-state index contributed by atoms with van der Waals surface area (Å²) in [6.45, 7) is 8.56. The lowest BCUT2D eigenvalue weighted by Crippen LogP contribution is -2.35. The van der Waals surface area contributed by atoms with Gasteiger partial charge in [0, 0.05) is 42.7 Å². The number of amides is 1. The SMILES string of the molecule is Cc1cnc(CNC(=O)C(CSc2ccccc2)C(C)c2ccc(N3CCCN(C)CC3)nc2)cn1. The first-order chi connectivity index (χ1) is 17.5. The lowest BCUT2D eigenvalue weighted by Gasteiger charge is -2.25. The van der Waals surface area contributed by atoms with Gasteiger partial charge in [-0.25, -0.2) is 4.98 Å². The third kappa shape index (κ3) is 7.27. The van der Waals surface area contributed by atoms with E-state index in [1.54, 1.807) is 24.2 Å². The van der Waals surface area contributed by atoms with Crippen molar-refractivity contribution < 1.29 is 4.79 Å². The fourth-order valence-corrected chi connectivity index (χ4v) is 5.49. The van der Waals surface area contributed by atoms with Crippen molar-refractivity contribution in [2.24, 2.45) is 5.92 Å². The normalized spacial score (nSPS) is 16.2. The van der Waals surface area contributed by atoms with Crippen LogP contribution in [-0.4, -0.2) is 64.7 Å². The first kappa shape index (κ1) is 26.1. The maximum atomic E-state index is 13.4. The van der Waals surface area contributed by atoms with Gasteiger partial charge < -0.3 is 15.1 Å². The molecule has 0 radical (unpaired) electrons. The van der Waals surface area contributed by atoms with Crippen LogP contribution >= 0.6 is 11.8 Å². The van der Waals surface area contributed by atoms with Crippen molar-refractivity contribution in [2.45, 2.75) is 37.6 Å². The highest BCUT2D eigenvalue weighted by molar-refractivity contribution is 7.99. The number of nitrogens with one attached hydrogen (secondary N) is 1. The van der Waals surface area contributed by atoms with E-state index in [0.29, 0.717) is 12.3 Å². The predicted molar refractivity (Wildman–Crippen MR) is 146 cm³/mol. The quantitative estimate of drug-likeness (QED) is 0.439. The second-order valence-electron chi connectivity index (χ2n) is 9.48. The van der Waals surface area contributed by atoms with Crippen molar-refractivity contribution in [2.75, 3.05) is 43.9 Å². The highest BCUT2D eigenvalue weighted by Gasteiger charge is 2.27. The van der Waals surface area contributed by atoms with Crippen molar-refractivity contribution in [3.8, 4) is 0 Å². The molecule has 1 fully saturated rings. The van der Waals surface area contributed by atoms with Crippen LogP contribution in [0.1, 0.15) is 36.2 Å². The van der Waals surface area contributed by atoms with Gasteiger partial charge in [0.05, 0.1) is 30.0 Å². The Morgan fingerprint density at radius 1 is 1.00 bits per heavy atom. The van der Waals surface area contributed by atoms with Crippen LogP contribution in [0.15, 0.2) is 66.0 Å². The van der Waals surface area contributed by atoms with Crippen LogP contribution in [0.2, 0.25) is 0 Å². The van der Waals surface area contributed by atoms with Gasteiger partial charge >= 0.3 is 0 Å². The zero-order chi connectivity index (χ0) is 25.3. The van der Waals surface area contributed by atoms with Crippen LogP contribution in [-0.2, 0) is 11.3 Å². The van der Waals surface area contributed by atoms with Crippen molar-refractivity contribution in [3.05, 3.63) is 78.0 Å². The van der Waals surface area contributed by atoms with Gasteiger partial charge in [0.25, 0.3) is 0 Å². The Hall–Kier alpha value is -2.97. The molecular weight excluding hydrogens is 468 g/mol. The number of pyridine rings is 1. The van der Waals surface area contributed by atoms with E-state index in [9.17, 15) is 4.79 Å². The minimum absolute atomic E-state index is 0.0159. The topological polar surface area (TPSA) is 74.2 Å². The maximum Gasteiger partial charge on any atom is 0.224 e. The molecule has 0 saturated carbocycles. The summed E-state index contributed by atoms with van der Waals surface area (Å²) in [5, 5.41) is 3.09. The number of carbonyl (C=O) groups is 1. The number of carbonyl (C=O) groups excluding carboxylic acids is 1. The average molecular weight is 505 g/mol. The molecule has 2 atom stereocenters. The second-order valence-corrected chi connectivity index (χ2v) is 10.6. The number of hydrogen-bond acceptors (Lipinski definition) is 7. The number of thioether (sulfide) groups is 1. The minimum atomic E-state index is -0.215. The van der Waals surface area contributed by atoms with Crippen LogP contribution in [0.3, 0.4) is 0 Å². The van der Waals surface area contributed by atoms with Gasteiger partial charge in [-0.15, -0.1) is 11.8 Å². The van der Waals surface area contributed by atoms with Crippen molar-refractivity contribution in [1.82, 2.24) is 25.2 Å². The fourth-order valence-electron chi connectivity index (χ4n) is 4.33. The van der Waals surface area contributed by atoms with E-state index >= 15 is 0 Å². The fraction of sp³-hybridized carbons (Fsp3) is 0.429. The number of nitrogens with zero attached hydrogens (tertiary/aromatic N) is 5. The zero-order valence-corrected chi connectivity index (χ0v) is 22.2. The molecule has 1 saturated heterocycles. The molecule has 1 aromatic carbocycles. The van der Waals surface area contributed by atoms with Gasteiger partial charge in [-0.1, -0.05) is 31.2 Å². The molecule has 3 heterocycles. The van der Waals surface area contributed by atoms with E-state index in [2.05, 4.69) is 63.3 Å². The van der Waals surface area contributed by atoms with Crippen LogP contribution < -0.4 is 10.2 Å². The lowest BCUT2D eigenvalue weighted by atomic mass is 9.89. The zero-order valence-electron chi connectivity index (χ0n) is 21.4. The molecule has 1 amide bonds. The Labute approximate surface area is 218 Å². The average Bonchev–Trinajstić information content (AvgIpc) is 3.13. The van der Waals surface area contributed by atoms with Gasteiger partial charge in [0.15, 0.2) is 0 Å². The molecule has 1 aliphatic rings. The second kappa shape index (κ2) is 12.8. The molecule has 7 nitrogen and oxygen atoms in total. The minimum Gasteiger partial charge on any atom is -0.355 e. The summed E-state index contributed by atoms with van der Waals surface area (Å²) in [4.78, 5) is 32.7. The number of likely N-dealkylation sites (N-methyl/N-ethyl adjacent to an activating group) is 1. The van der Waals surface area contributed by atoms with Gasteiger partial charge in [0.2, 0.25) is 5.91 Å². The molecule has 8 heteroatoms. The summed E-state index contributed by atoms with van der Waals surface area (Å²) < 4.78 is 0. The molecule has 1 N–H and O–H groups in total. The van der Waals surface area contributed by atoms with Crippen LogP contribution in [0.25, 0.3) is 0 Å². The molecule has 3 aromatic rings. The Balaban J connectivity index is 1.46. The Morgan fingerprint density at radius 2 is 1.83 bits per heavy atom. The third-order valence-electron chi connectivity index (χ3n) is 6.73. The van der Waals surface area contributed by atoms with Gasteiger partial charge in [-0.2, -0.15) is 0 Å². The van der Waals surface area contributed by atoms with E-state index in [4.69, 9.17) is 4.98 Å². The first-order valence-electron chi connectivity index (χ1n) is 12.6. The third-order valence-corrected chi connectivity index (χ3v) is 7.86. The molecule has 2 unspecified atom stereocenters. The first-order valence-corrected chi connectivity index (χ1v) is 13.6. The Bertz CT molecular complexity index is 1090. The van der Waals surface area contributed by atoms with Gasteiger partial charge in [-0.3, -0.25) is 14.8 Å². The number of anilines is 1.